The molecule has 1 aliphatic heterocycles. The highest BCUT2D eigenvalue weighted by Crippen LogP contribution is 2.47. The van der Waals surface area contributed by atoms with Crippen molar-refractivity contribution in [2.24, 2.45) is 17.8 Å². The number of ether oxygens (including phenoxy) is 1. The minimum Gasteiger partial charge on any atom is -0.508 e. The molecule has 0 bridgehead atoms. The van der Waals surface area contributed by atoms with Crippen molar-refractivity contribution < 1.29 is 34.4 Å². The standard InChI is InChI=1S/C31H35NO7/c1-3-7-22-17-24-28(30(37)32(29(24)36)31(38)39-2)25(18-33)27(22)26(35)15-12-21(20-8-5-4-6-9-20)16-19-10-13-23(34)14-11-19/h4-6,8-11,13-14,16,24-26,28,33-35H,3,7,12,15,17-18H2,1-2H3/b21-16-/t24-,25+,26-,28-/m1/s1. The lowest BCUT2D eigenvalue weighted by Gasteiger charge is -2.36. The normalized spacial score (nSPS) is 22.2. The molecule has 8 heteroatoms. The van der Waals surface area contributed by atoms with Gasteiger partial charge in [0.05, 0.1) is 31.7 Å². The third-order valence-corrected chi connectivity index (χ3v) is 7.71. The van der Waals surface area contributed by atoms with E-state index >= 15 is 0 Å². The number of nitrogens with zero attached hydrogens (tertiary/aromatic N) is 1. The van der Waals surface area contributed by atoms with E-state index in [1.165, 1.54) is 0 Å². The van der Waals surface area contributed by atoms with E-state index in [0.717, 1.165) is 35.8 Å². The molecule has 4 rings (SSSR count). The van der Waals surface area contributed by atoms with E-state index < -0.39 is 48.4 Å². The average Bonchev–Trinajstić information content (AvgIpc) is 3.20. The summed E-state index contributed by atoms with van der Waals surface area (Å²) in [7, 11) is 1.11. The Labute approximate surface area is 228 Å². The molecule has 206 valence electrons. The molecule has 8 nitrogen and oxygen atoms in total. The summed E-state index contributed by atoms with van der Waals surface area (Å²) in [6.45, 7) is 1.57. The van der Waals surface area contributed by atoms with Crippen LogP contribution in [0.2, 0.25) is 0 Å². The fraction of sp³-hybridized carbons (Fsp3) is 0.387. The van der Waals surface area contributed by atoms with Crippen LogP contribution in [0.1, 0.15) is 50.2 Å². The molecule has 39 heavy (non-hydrogen) atoms. The summed E-state index contributed by atoms with van der Waals surface area (Å²) in [5.41, 5.74) is 4.34. The lowest BCUT2D eigenvalue weighted by molar-refractivity contribution is -0.137. The van der Waals surface area contributed by atoms with Gasteiger partial charge < -0.3 is 20.1 Å². The molecule has 2 aromatic rings. The summed E-state index contributed by atoms with van der Waals surface area (Å²) in [5, 5.41) is 31.6. The van der Waals surface area contributed by atoms with Gasteiger partial charge in [-0.3, -0.25) is 9.59 Å². The number of hydrogen-bond acceptors (Lipinski definition) is 7. The Morgan fingerprint density at radius 3 is 2.41 bits per heavy atom. The van der Waals surface area contributed by atoms with Gasteiger partial charge in [0.15, 0.2) is 0 Å². The maximum atomic E-state index is 13.2. The SMILES string of the molecule is CCCC1=C([C@H](O)CC/C(=C/c2ccc(O)cc2)c2ccccc2)[C@H](CO)[C@@H]2C(=O)N(C(=O)OC)C(=O)[C@@H]2C1. The number of allylic oxidation sites excluding steroid dienone is 2. The summed E-state index contributed by atoms with van der Waals surface area (Å²) < 4.78 is 4.66. The van der Waals surface area contributed by atoms with Gasteiger partial charge >= 0.3 is 6.09 Å². The Kier molecular flexibility index (Phi) is 8.99. The minimum absolute atomic E-state index is 0.176. The molecule has 1 saturated heterocycles. The van der Waals surface area contributed by atoms with E-state index in [0.29, 0.717) is 29.7 Å². The van der Waals surface area contributed by atoms with Gasteiger partial charge in [0.25, 0.3) is 0 Å². The summed E-state index contributed by atoms with van der Waals surface area (Å²) in [6.07, 6.45) is 2.50. The van der Waals surface area contributed by atoms with E-state index in [-0.39, 0.29) is 12.2 Å². The molecule has 1 aliphatic carbocycles. The molecule has 1 heterocycles. The maximum absolute atomic E-state index is 13.2. The molecule has 2 aliphatic rings. The average molecular weight is 534 g/mol. The van der Waals surface area contributed by atoms with Crippen LogP contribution in [0.15, 0.2) is 65.7 Å². The first-order valence-corrected chi connectivity index (χ1v) is 13.3. The summed E-state index contributed by atoms with van der Waals surface area (Å²) in [4.78, 5) is 39.0. The molecule has 3 amide bonds. The van der Waals surface area contributed by atoms with Crippen LogP contribution in [0.5, 0.6) is 5.75 Å². The lowest BCUT2D eigenvalue weighted by Crippen LogP contribution is -2.40. The van der Waals surface area contributed by atoms with Gasteiger partial charge in [-0.15, -0.1) is 0 Å². The van der Waals surface area contributed by atoms with Crippen molar-refractivity contribution in [1.29, 1.82) is 0 Å². The number of fused-ring (bicyclic) bond motifs is 1. The number of aromatic hydroxyl groups is 1. The Balaban J connectivity index is 1.64. The van der Waals surface area contributed by atoms with Crippen molar-refractivity contribution in [3.63, 3.8) is 0 Å². The quantitative estimate of drug-likeness (QED) is 0.245. The maximum Gasteiger partial charge on any atom is 0.423 e. The number of rotatable bonds is 9. The van der Waals surface area contributed by atoms with E-state index in [1.54, 1.807) is 12.1 Å². The van der Waals surface area contributed by atoms with Crippen molar-refractivity contribution in [3.05, 3.63) is 76.9 Å². The van der Waals surface area contributed by atoms with Crippen molar-refractivity contribution in [3.8, 4) is 5.75 Å². The fourth-order valence-electron chi connectivity index (χ4n) is 5.94. The zero-order valence-electron chi connectivity index (χ0n) is 22.2. The number of carbonyl (C=O) groups is 3. The number of aliphatic hydroxyl groups is 2. The van der Waals surface area contributed by atoms with Gasteiger partial charge in [-0.25, -0.2) is 4.79 Å². The van der Waals surface area contributed by atoms with Crippen molar-refractivity contribution in [2.45, 2.75) is 45.1 Å². The highest BCUT2D eigenvalue weighted by molar-refractivity contribution is 6.16. The van der Waals surface area contributed by atoms with E-state index in [9.17, 15) is 29.7 Å². The third-order valence-electron chi connectivity index (χ3n) is 7.71. The predicted molar refractivity (Wildman–Crippen MR) is 146 cm³/mol. The molecule has 4 atom stereocenters. The van der Waals surface area contributed by atoms with Crippen LogP contribution in [0.3, 0.4) is 0 Å². The minimum atomic E-state index is -1.03. The second-order valence-electron chi connectivity index (χ2n) is 10.1. The Morgan fingerprint density at radius 1 is 1.10 bits per heavy atom. The largest absolute Gasteiger partial charge is 0.508 e. The Morgan fingerprint density at radius 2 is 1.79 bits per heavy atom. The zero-order valence-corrected chi connectivity index (χ0v) is 22.2. The van der Waals surface area contributed by atoms with Crippen LogP contribution in [-0.2, 0) is 14.3 Å². The second kappa shape index (κ2) is 12.4. The number of benzene rings is 2. The van der Waals surface area contributed by atoms with E-state index in [2.05, 4.69) is 4.74 Å². The number of hydrogen-bond donors (Lipinski definition) is 3. The number of phenolic OH excluding ortho intramolecular Hbond substituents is 1. The molecule has 1 fully saturated rings. The monoisotopic (exact) mass is 533 g/mol. The molecule has 0 saturated carbocycles. The number of carbonyl (C=O) groups excluding carboxylic acids is 3. The number of likely N-dealkylation sites (tertiary alicyclic amines) is 1. The number of imide groups is 3. The van der Waals surface area contributed by atoms with Crippen LogP contribution in [0.4, 0.5) is 4.79 Å². The van der Waals surface area contributed by atoms with E-state index in [1.807, 2.05) is 55.5 Å². The summed E-state index contributed by atoms with van der Waals surface area (Å²) in [6, 6.07) is 16.7. The molecule has 3 N–H and O–H groups in total. The third kappa shape index (κ3) is 5.82. The van der Waals surface area contributed by atoms with Crippen LogP contribution in [-0.4, -0.2) is 57.9 Å². The predicted octanol–water partition coefficient (Wildman–Crippen LogP) is 4.55. The van der Waals surface area contributed by atoms with Crippen molar-refractivity contribution >= 4 is 29.6 Å². The molecule has 0 radical (unpaired) electrons. The van der Waals surface area contributed by atoms with Gasteiger partial charge in [0, 0.05) is 5.92 Å². The van der Waals surface area contributed by atoms with Gasteiger partial charge in [0.1, 0.15) is 5.75 Å². The molecule has 0 spiro atoms. The van der Waals surface area contributed by atoms with Gasteiger partial charge in [-0.05, 0) is 60.1 Å². The first kappa shape index (κ1) is 28.3. The smallest absolute Gasteiger partial charge is 0.423 e. The van der Waals surface area contributed by atoms with Crippen LogP contribution in [0.25, 0.3) is 11.6 Å². The van der Waals surface area contributed by atoms with E-state index in [4.69, 9.17) is 0 Å². The second-order valence-corrected chi connectivity index (χ2v) is 10.1. The molecular formula is C31H35NO7. The first-order valence-electron chi connectivity index (χ1n) is 13.3. The summed E-state index contributed by atoms with van der Waals surface area (Å²) in [5.74, 6) is -3.58. The Bertz CT molecular complexity index is 1270. The van der Waals surface area contributed by atoms with Gasteiger partial charge in [0.2, 0.25) is 11.8 Å². The van der Waals surface area contributed by atoms with Crippen LogP contribution in [0, 0.1) is 17.8 Å². The number of phenols is 1. The highest BCUT2D eigenvalue weighted by Gasteiger charge is 2.57. The molecular weight excluding hydrogens is 498 g/mol. The first-order chi connectivity index (χ1) is 18.8. The lowest BCUT2D eigenvalue weighted by atomic mass is 9.67. The van der Waals surface area contributed by atoms with Crippen LogP contribution < -0.4 is 0 Å². The number of methoxy groups -OCH3 is 1. The van der Waals surface area contributed by atoms with Crippen molar-refractivity contribution in [1.82, 2.24) is 4.90 Å². The highest BCUT2D eigenvalue weighted by atomic mass is 16.5. The Hall–Kier alpha value is -3.75. The fourth-order valence-corrected chi connectivity index (χ4v) is 5.94. The molecule has 0 aromatic heterocycles. The summed E-state index contributed by atoms with van der Waals surface area (Å²) >= 11 is 0. The molecule has 0 unspecified atom stereocenters. The van der Waals surface area contributed by atoms with Gasteiger partial charge in [-0.2, -0.15) is 4.90 Å². The van der Waals surface area contributed by atoms with Crippen molar-refractivity contribution in [2.75, 3.05) is 13.7 Å². The number of aliphatic hydroxyl groups excluding tert-OH is 2. The topological polar surface area (TPSA) is 124 Å². The number of amides is 3. The zero-order chi connectivity index (χ0) is 28.1. The van der Waals surface area contributed by atoms with Crippen LogP contribution >= 0.6 is 0 Å². The van der Waals surface area contributed by atoms with Gasteiger partial charge in [-0.1, -0.05) is 67.5 Å². The molecule has 2 aromatic carbocycles.